The Morgan fingerprint density at radius 1 is 1.10 bits per heavy atom. The summed E-state index contributed by atoms with van der Waals surface area (Å²) in [7, 11) is 2.07. The van der Waals surface area contributed by atoms with E-state index < -0.39 is 0 Å². The Kier molecular flexibility index (Phi) is 3.65. The maximum atomic E-state index is 10.8. The molecule has 0 fully saturated rings. The van der Waals surface area contributed by atoms with Crippen molar-refractivity contribution in [1.29, 1.82) is 0 Å². The molecule has 3 rings (SSSR count). The zero-order valence-corrected chi connectivity index (χ0v) is 11.9. The number of aldehydes is 1. The number of carbonyl (C=O) groups is 1. The molecule has 1 aromatic heterocycles. The summed E-state index contributed by atoms with van der Waals surface area (Å²) in [5, 5.41) is 0.991. The van der Waals surface area contributed by atoms with Crippen LogP contribution in [0, 0.1) is 0 Å². The number of anilines is 1. The maximum Gasteiger partial charge on any atom is 0.151 e. The first-order valence-corrected chi connectivity index (χ1v) is 6.86. The van der Waals surface area contributed by atoms with Crippen LogP contribution in [0.25, 0.3) is 10.9 Å². The van der Waals surface area contributed by atoms with Gasteiger partial charge in [0.1, 0.15) is 0 Å². The van der Waals surface area contributed by atoms with Gasteiger partial charge in [-0.1, -0.05) is 30.3 Å². The quantitative estimate of drug-likeness (QED) is 0.681. The number of pyridine rings is 1. The summed E-state index contributed by atoms with van der Waals surface area (Å²) in [6, 6.07) is 18.3. The molecule has 0 bridgehead atoms. The summed E-state index contributed by atoms with van der Waals surface area (Å²) in [6.45, 7) is 0.817. The zero-order chi connectivity index (χ0) is 14.7. The first-order chi connectivity index (χ1) is 10.3. The number of aromatic nitrogens is 1. The van der Waals surface area contributed by atoms with E-state index >= 15 is 0 Å². The number of para-hydroxylation sites is 1. The van der Waals surface area contributed by atoms with Crippen LogP contribution in [0.2, 0.25) is 0 Å². The smallest absolute Gasteiger partial charge is 0.151 e. The Bertz CT molecular complexity index is 769. The molecule has 0 unspecified atom stereocenters. The van der Waals surface area contributed by atoms with Gasteiger partial charge in [0.15, 0.2) is 6.29 Å². The highest BCUT2D eigenvalue weighted by Crippen LogP contribution is 2.18. The van der Waals surface area contributed by atoms with Crippen molar-refractivity contribution in [3.8, 4) is 0 Å². The van der Waals surface area contributed by atoms with Crippen LogP contribution < -0.4 is 4.90 Å². The summed E-state index contributed by atoms with van der Waals surface area (Å²) in [5.74, 6) is 0. The fraction of sp³-hybridized carbons (Fsp3) is 0.111. The summed E-state index contributed by atoms with van der Waals surface area (Å²) in [4.78, 5) is 17.3. The van der Waals surface area contributed by atoms with Gasteiger partial charge in [-0.25, -0.2) is 0 Å². The molecular weight excluding hydrogens is 260 g/mol. The number of hydrogen-bond donors (Lipinski definition) is 0. The molecule has 0 atom stereocenters. The normalized spacial score (nSPS) is 10.5. The van der Waals surface area contributed by atoms with E-state index in [1.165, 1.54) is 11.3 Å². The first kappa shape index (κ1) is 13.3. The highest BCUT2D eigenvalue weighted by Gasteiger charge is 2.04. The highest BCUT2D eigenvalue weighted by atomic mass is 16.1. The van der Waals surface area contributed by atoms with E-state index in [-0.39, 0.29) is 0 Å². The number of benzene rings is 2. The van der Waals surface area contributed by atoms with E-state index in [1.54, 1.807) is 6.20 Å². The minimum absolute atomic E-state index is 0.608. The molecule has 3 heteroatoms. The van der Waals surface area contributed by atoms with Gasteiger partial charge in [-0.05, 0) is 29.8 Å². The Balaban J connectivity index is 1.86. The van der Waals surface area contributed by atoms with Crippen molar-refractivity contribution in [3.05, 3.63) is 71.9 Å². The van der Waals surface area contributed by atoms with Crippen molar-refractivity contribution >= 4 is 22.9 Å². The number of carbonyl (C=O) groups excluding carboxylic acids is 1. The number of rotatable bonds is 4. The standard InChI is InChI=1S/C18H16N2O/c1-20(17-5-3-2-4-6-17)12-14-7-8-16-9-15(13-21)11-19-18(16)10-14/h2-11,13H,12H2,1H3. The Morgan fingerprint density at radius 3 is 2.67 bits per heavy atom. The second kappa shape index (κ2) is 5.75. The minimum Gasteiger partial charge on any atom is -0.370 e. The molecule has 0 aliphatic carbocycles. The van der Waals surface area contributed by atoms with Gasteiger partial charge in [0.25, 0.3) is 0 Å². The molecule has 0 saturated heterocycles. The summed E-state index contributed by atoms with van der Waals surface area (Å²) in [5.41, 5.74) is 3.90. The van der Waals surface area contributed by atoms with E-state index in [9.17, 15) is 4.79 Å². The molecule has 0 aliphatic rings. The van der Waals surface area contributed by atoms with Gasteiger partial charge in [0.2, 0.25) is 0 Å². The third-order valence-corrected chi connectivity index (χ3v) is 3.52. The van der Waals surface area contributed by atoms with Crippen molar-refractivity contribution in [3.63, 3.8) is 0 Å². The molecule has 2 aromatic carbocycles. The molecule has 0 N–H and O–H groups in total. The molecule has 21 heavy (non-hydrogen) atoms. The van der Waals surface area contributed by atoms with Crippen LogP contribution in [0.3, 0.4) is 0 Å². The number of hydrogen-bond acceptors (Lipinski definition) is 3. The minimum atomic E-state index is 0.608. The topological polar surface area (TPSA) is 33.2 Å². The van der Waals surface area contributed by atoms with Gasteiger partial charge in [0.05, 0.1) is 5.52 Å². The maximum absolute atomic E-state index is 10.8. The monoisotopic (exact) mass is 276 g/mol. The van der Waals surface area contributed by atoms with E-state index in [1.807, 2.05) is 30.3 Å². The number of nitrogens with zero attached hydrogens (tertiary/aromatic N) is 2. The molecule has 0 spiro atoms. The molecule has 0 saturated carbocycles. The first-order valence-electron chi connectivity index (χ1n) is 6.86. The van der Waals surface area contributed by atoms with E-state index in [4.69, 9.17) is 0 Å². The van der Waals surface area contributed by atoms with Crippen LogP contribution in [0.5, 0.6) is 0 Å². The lowest BCUT2D eigenvalue weighted by molar-refractivity contribution is 0.112. The molecule has 3 nitrogen and oxygen atoms in total. The lowest BCUT2D eigenvalue weighted by Crippen LogP contribution is -2.16. The molecule has 0 aliphatic heterocycles. The van der Waals surface area contributed by atoms with Crippen molar-refractivity contribution < 1.29 is 4.79 Å². The predicted octanol–water partition coefficient (Wildman–Crippen LogP) is 3.68. The summed E-state index contributed by atoms with van der Waals surface area (Å²) in [6.07, 6.45) is 2.43. The molecular formula is C18H16N2O. The van der Waals surface area contributed by atoms with Crippen molar-refractivity contribution in [2.45, 2.75) is 6.54 Å². The van der Waals surface area contributed by atoms with Gasteiger partial charge in [-0.15, -0.1) is 0 Å². The van der Waals surface area contributed by atoms with Gasteiger partial charge < -0.3 is 4.90 Å². The van der Waals surface area contributed by atoms with Gasteiger partial charge in [0, 0.05) is 36.4 Å². The average molecular weight is 276 g/mol. The summed E-state index contributed by atoms with van der Waals surface area (Å²) >= 11 is 0. The SMILES string of the molecule is CN(Cc1ccc2cc(C=O)cnc2c1)c1ccccc1. The Hall–Kier alpha value is -2.68. The van der Waals surface area contributed by atoms with E-state index in [0.717, 1.165) is 23.7 Å². The third kappa shape index (κ3) is 2.92. The van der Waals surface area contributed by atoms with Crippen LogP contribution in [0.15, 0.2) is 60.8 Å². The third-order valence-electron chi connectivity index (χ3n) is 3.52. The van der Waals surface area contributed by atoms with Gasteiger partial charge in [-0.3, -0.25) is 9.78 Å². The largest absolute Gasteiger partial charge is 0.370 e. The highest BCUT2D eigenvalue weighted by molar-refractivity contribution is 5.86. The molecule has 104 valence electrons. The molecule has 0 radical (unpaired) electrons. The van der Waals surface area contributed by atoms with Crippen LogP contribution in [0.1, 0.15) is 15.9 Å². The lowest BCUT2D eigenvalue weighted by atomic mass is 10.1. The van der Waals surface area contributed by atoms with E-state index in [0.29, 0.717) is 5.56 Å². The van der Waals surface area contributed by atoms with Crippen LogP contribution in [0.4, 0.5) is 5.69 Å². The van der Waals surface area contributed by atoms with Crippen LogP contribution >= 0.6 is 0 Å². The van der Waals surface area contributed by atoms with Crippen molar-refractivity contribution in [1.82, 2.24) is 4.98 Å². The van der Waals surface area contributed by atoms with Crippen molar-refractivity contribution in [2.24, 2.45) is 0 Å². The van der Waals surface area contributed by atoms with Crippen LogP contribution in [-0.2, 0) is 6.54 Å². The zero-order valence-electron chi connectivity index (χ0n) is 11.9. The fourth-order valence-corrected chi connectivity index (χ4v) is 2.39. The molecule has 3 aromatic rings. The average Bonchev–Trinajstić information content (AvgIpc) is 2.55. The predicted molar refractivity (Wildman–Crippen MR) is 85.7 cm³/mol. The lowest BCUT2D eigenvalue weighted by Gasteiger charge is -2.19. The summed E-state index contributed by atoms with van der Waals surface area (Å²) < 4.78 is 0. The second-order valence-electron chi connectivity index (χ2n) is 5.11. The fourth-order valence-electron chi connectivity index (χ4n) is 2.39. The Morgan fingerprint density at radius 2 is 1.90 bits per heavy atom. The number of fused-ring (bicyclic) bond motifs is 1. The molecule has 0 amide bonds. The molecule has 1 heterocycles. The van der Waals surface area contributed by atoms with Crippen molar-refractivity contribution in [2.75, 3.05) is 11.9 Å². The Labute approximate surface area is 123 Å². The van der Waals surface area contributed by atoms with E-state index in [2.05, 4.69) is 41.2 Å². The van der Waals surface area contributed by atoms with Crippen LogP contribution in [-0.4, -0.2) is 18.3 Å². The second-order valence-corrected chi connectivity index (χ2v) is 5.11. The van der Waals surface area contributed by atoms with Gasteiger partial charge in [-0.2, -0.15) is 0 Å². The van der Waals surface area contributed by atoms with Gasteiger partial charge >= 0.3 is 0 Å².